The van der Waals surface area contributed by atoms with E-state index >= 15 is 0 Å². The van der Waals surface area contributed by atoms with Gasteiger partial charge in [-0.25, -0.2) is 0 Å². The lowest BCUT2D eigenvalue weighted by Gasteiger charge is -2.07. The van der Waals surface area contributed by atoms with Crippen LogP contribution >= 0.6 is 11.6 Å². The lowest BCUT2D eigenvalue weighted by Crippen LogP contribution is -2.28. The molecular weight excluding hydrogens is 302 g/mol. The van der Waals surface area contributed by atoms with Gasteiger partial charge in [-0.15, -0.1) is 0 Å². The van der Waals surface area contributed by atoms with Gasteiger partial charge in [-0.3, -0.25) is 9.59 Å². The maximum atomic E-state index is 12.3. The molecule has 0 radical (unpaired) electrons. The summed E-state index contributed by atoms with van der Waals surface area (Å²) in [5.41, 5.74) is 1.12. The molecule has 0 spiro atoms. The van der Waals surface area contributed by atoms with Gasteiger partial charge >= 0.3 is 0 Å². The topological polar surface area (TPSA) is 55.4 Å². The number of halogens is 1. The Kier molecular flexibility index (Phi) is 5.55. The Balaban J connectivity index is 2.00. The highest BCUT2D eigenvalue weighted by Crippen LogP contribution is 2.17. The smallest absolute Gasteiger partial charge is 0.257 e. The van der Waals surface area contributed by atoms with E-state index in [0.717, 1.165) is 0 Å². The Morgan fingerprint density at radius 1 is 1.00 bits per heavy atom. The predicted octanol–water partition coefficient (Wildman–Crippen LogP) is 3.09. The molecule has 2 rings (SSSR count). The van der Waals surface area contributed by atoms with Crippen LogP contribution in [0.1, 0.15) is 22.8 Å². The van der Waals surface area contributed by atoms with Gasteiger partial charge in [-0.2, -0.15) is 0 Å². The number of ether oxygens (including phenoxy) is 1. The third kappa shape index (κ3) is 4.33. The van der Waals surface area contributed by atoms with Gasteiger partial charge in [-0.05, 0) is 55.5 Å². The molecule has 0 aliphatic heterocycles. The number of carbonyl (C=O) groups excluding carboxylic acids is 2. The molecule has 0 fully saturated rings. The Morgan fingerprint density at radius 3 is 2.09 bits per heavy atom. The standard InChI is InChI=1S/C17H16ClNO3/c1-2-19-16(20)11-22-15-9-5-13(6-10-15)17(21)12-3-7-14(18)8-4-12/h3-10H,2,11H2,1H3,(H,19,20). The molecular formula is C17H16ClNO3. The fourth-order valence-corrected chi connectivity index (χ4v) is 1.99. The van der Waals surface area contributed by atoms with Crippen molar-refractivity contribution >= 4 is 23.3 Å². The van der Waals surface area contributed by atoms with Crippen molar-refractivity contribution in [3.8, 4) is 5.75 Å². The van der Waals surface area contributed by atoms with Gasteiger partial charge in [-0.1, -0.05) is 11.6 Å². The van der Waals surface area contributed by atoms with Crippen LogP contribution in [0.3, 0.4) is 0 Å². The number of carbonyl (C=O) groups is 2. The van der Waals surface area contributed by atoms with E-state index in [9.17, 15) is 9.59 Å². The Bertz CT molecular complexity index is 651. The van der Waals surface area contributed by atoms with Gasteiger partial charge < -0.3 is 10.1 Å². The van der Waals surface area contributed by atoms with Crippen molar-refractivity contribution in [2.45, 2.75) is 6.92 Å². The van der Waals surface area contributed by atoms with E-state index in [2.05, 4.69) is 5.32 Å². The zero-order chi connectivity index (χ0) is 15.9. The van der Waals surface area contributed by atoms with E-state index in [4.69, 9.17) is 16.3 Å². The van der Waals surface area contributed by atoms with Crippen LogP contribution in [0.15, 0.2) is 48.5 Å². The molecule has 0 aliphatic rings. The van der Waals surface area contributed by atoms with E-state index in [0.29, 0.717) is 28.4 Å². The molecule has 4 nitrogen and oxygen atoms in total. The third-order valence-corrected chi connectivity index (χ3v) is 3.22. The Labute approximate surface area is 134 Å². The van der Waals surface area contributed by atoms with Crippen LogP contribution in [0, 0.1) is 0 Å². The number of likely N-dealkylation sites (N-methyl/N-ethyl adjacent to an activating group) is 1. The average Bonchev–Trinajstić information content (AvgIpc) is 2.54. The molecule has 2 aromatic rings. The number of rotatable bonds is 6. The molecule has 0 saturated heterocycles. The summed E-state index contributed by atoms with van der Waals surface area (Å²) in [7, 11) is 0. The van der Waals surface area contributed by atoms with Gasteiger partial charge in [0.25, 0.3) is 5.91 Å². The number of hydrogen-bond donors (Lipinski definition) is 1. The molecule has 114 valence electrons. The normalized spacial score (nSPS) is 10.1. The summed E-state index contributed by atoms with van der Waals surface area (Å²) in [6.07, 6.45) is 0. The summed E-state index contributed by atoms with van der Waals surface area (Å²) in [6, 6.07) is 13.4. The summed E-state index contributed by atoms with van der Waals surface area (Å²) in [5, 5.41) is 3.23. The van der Waals surface area contributed by atoms with Crippen LogP contribution in [0.4, 0.5) is 0 Å². The Morgan fingerprint density at radius 2 is 1.55 bits per heavy atom. The third-order valence-electron chi connectivity index (χ3n) is 2.97. The van der Waals surface area contributed by atoms with E-state index < -0.39 is 0 Å². The van der Waals surface area contributed by atoms with Crippen LogP contribution < -0.4 is 10.1 Å². The minimum Gasteiger partial charge on any atom is -0.484 e. The maximum Gasteiger partial charge on any atom is 0.257 e. The van der Waals surface area contributed by atoms with Crippen molar-refractivity contribution in [2.24, 2.45) is 0 Å². The molecule has 0 aliphatic carbocycles. The first-order chi connectivity index (χ1) is 10.6. The first kappa shape index (κ1) is 16.0. The van der Waals surface area contributed by atoms with Crippen molar-refractivity contribution in [3.05, 3.63) is 64.7 Å². The van der Waals surface area contributed by atoms with E-state index in [1.807, 2.05) is 6.92 Å². The van der Waals surface area contributed by atoms with Crippen LogP contribution in [-0.4, -0.2) is 24.8 Å². The SMILES string of the molecule is CCNC(=O)COc1ccc(C(=O)c2ccc(Cl)cc2)cc1. The van der Waals surface area contributed by atoms with Crippen LogP contribution in [-0.2, 0) is 4.79 Å². The molecule has 5 heteroatoms. The monoisotopic (exact) mass is 317 g/mol. The first-order valence-electron chi connectivity index (χ1n) is 6.90. The van der Waals surface area contributed by atoms with Crippen LogP contribution in [0.2, 0.25) is 5.02 Å². The molecule has 0 atom stereocenters. The van der Waals surface area contributed by atoms with Gasteiger partial charge in [0.15, 0.2) is 12.4 Å². The highest BCUT2D eigenvalue weighted by molar-refractivity contribution is 6.30. The number of amides is 1. The summed E-state index contributed by atoms with van der Waals surface area (Å²) < 4.78 is 5.34. The molecule has 2 aromatic carbocycles. The van der Waals surface area contributed by atoms with Crippen molar-refractivity contribution in [3.63, 3.8) is 0 Å². The highest BCUT2D eigenvalue weighted by atomic mass is 35.5. The largest absolute Gasteiger partial charge is 0.484 e. The maximum absolute atomic E-state index is 12.3. The van der Waals surface area contributed by atoms with E-state index in [-0.39, 0.29) is 18.3 Å². The summed E-state index contributed by atoms with van der Waals surface area (Å²) >= 11 is 5.81. The highest BCUT2D eigenvalue weighted by Gasteiger charge is 2.09. The second-order valence-electron chi connectivity index (χ2n) is 4.60. The summed E-state index contributed by atoms with van der Waals surface area (Å²) in [5.74, 6) is 0.273. The fourth-order valence-electron chi connectivity index (χ4n) is 1.87. The first-order valence-corrected chi connectivity index (χ1v) is 7.27. The molecule has 0 saturated carbocycles. The average molecular weight is 318 g/mol. The number of ketones is 1. The van der Waals surface area contributed by atoms with Gasteiger partial charge in [0.05, 0.1) is 0 Å². The van der Waals surface area contributed by atoms with E-state index in [1.54, 1.807) is 48.5 Å². The molecule has 1 amide bonds. The minimum absolute atomic E-state index is 0.0433. The lowest BCUT2D eigenvalue weighted by molar-refractivity contribution is -0.122. The second kappa shape index (κ2) is 7.61. The Hall–Kier alpha value is -2.33. The van der Waals surface area contributed by atoms with E-state index in [1.165, 1.54) is 0 Å². The minimum atomic E-state index is -0.177. The molecule has 0 unspecified atom stereocenters. The van der Waals surface area contributed by atoms with Gasteiger partial charge in [0.1, 0.15) is 5.75 Å². The zero-order valence-electron chi connectivity index (χ0n) is 12.1. The number of nitrogens with one attached hydrogen (secondary N) is 1. The van der Waals surface area contributed by atoms with Gasteiger partial charge in [0, 0.05) is 22.7 Å². The molecule has 0 heterocycles. The fraction of sp³-hybridized carbons (Fsp3) is 0.176. The molecule has 1 N–H and O–H groups in total. The lowest BCUT2D eigenvalue weighted by atomic mass is 10.0. The zero-order valence-corrected chi connectivity index (χ0v) is 12.9. The molecule has 0 bridgehead atoms. The van der Waals surface area contributed by atoms with Crippen LogP contribution in [0.25, 0.3) is 0 Å². The van der Waals surface area contributed by atoms with Crippen molar-refractivity contribution in [1.82, 2.24) is 5.32 Å². The molecule has 0 aromatic heterocycles. The van der Waals surface area contributed by atoms with Crippen molar-refractivity contribution in [2.75, 3.05) is 13.2 Å². The quantitative estimate of drug-likeness (QED) is 0.833. The van der Waals surface area contributed by atoms with Crippen molar-refractivity contribution in [1.29, 1.82) is 0 Å². The predicted molar refractivity (Wildman–Crippen MR) is 85.5 cm³/mol. The summed E-state index contributed by atoms with van der Waals surface area (Å²) in [4.78, 5) is 23.6. The van der Waals surface area contributed by atoms with Crippen molar-refractivity contribution < 1.29 is 14.3 Å². The number of benzene rings is 2. The van der Waals surface area contributed by atoms with Crippen LogP contribution in [0.5, 0.6) is 5.75 Å². The summed E-state index contributed by atoms with van der Waals surface area (Å²) in [6.45, 7) is 2.37. The number of hydrogen-bond acceptors (Lipinski definition) is 3. The second-order valence-corrected chi connectivity index (χ2v) is 5.04. The van der Waals surface area contributed by atoms with Gasteiger partial charge in [0.2, 0.25) is 0 Å². The molecule has 22 heavy (non-hydrogen) atoms.